The third-order valence-electron chi connectivity index (χ3n) is 4.31. The summed E-state index contributed by atoms with van der Waals surface area (Å²) in [6.07, 6.45) is -2.34. The van der Waals surface area contributed by atoms with Crippen molar-refractivity contribution in [3.05, 3.63) is 83.4 Å². The second-order valence-corrected chi connectivity index (χ2v) is 6.68. The van der Waals surface area contributed by atoms with E-state index in [0.717, 1.165) is 0 Å². The lowest BCUT2D eigenvalue weighted by Gasteiger charge is -2.10. The normalized spacial score (nSPS) is 10.1. The van der Waals surface area contributed by atoms with Crippen molar-refractivity contribution < 1.29 is 48.0 Å². The highest BCUT2D eigenvalue weighted by Gasteiger charge is 2.14. The number of esters is 2. The molecule has 0 saturated heterocycles. The topological polar surface area (TPSA) is 135 Å². The Morgan fingerprint density at radius 1 is 0.647 bits per heavy atom. The first-order valence-electron chi connectivity index (χ1n) is 9.67. The van der Waals surface area contributed by atoms with Crippen LogP contribution in [0.5, 0.6) is 23.0 Å². The monoisotopic (exact) mass is 466 g/mol. The highest BCUT2D eigenvalue weighted by Crippen LogP contribution is 2.25. The first-order valence-corrected chi connectivity index (χ1v) is 9.67. The Balaban J connectivity index is 1.62. The summed E-state index contributed by atoms with van der Waals surface area (Å²) >= 11 is 0. The van der Waals surface area contributed by atoms with Gasteiger partial charge in [0.15, 0.2) is 0 Å². The maximum atomic E-state index is 12.4. The van der Waals surface area contributed by atoms with Crippen LogP contribution in [0.25, 0.3) is 0 Å². The summed E-state index contributed by atoms with van der Waals surface area (Å²) in [5.41, 5.74) is 0.944. The number of benzene rings is 3. The van der Waals surface area contributed by atoms with E-state index < -0.39 is 24.2 Å². The van der Waals surface area contributed by atoms with Gasteiger partial charge in [-0.2, -0.15) is 0 Å². The van der Waals surface area contributed by atoms with E-state index in [1.807, 2.05) is 0 Å². The lowest BCUT2D eigenvalue weighted by molar-refractivity contribution is 0.0718. The van der Waals surface area contributed by atoms with E-state index in [0.29, 0.717) is 5.56 Å². The fourth-order valence-electron chi connectivity index (χ4n) is 2.68. The summed E-state index contributed by atoms with van der Waals surface area (Å²) < 4.78 is 24.4. The zero-order valence-electron chi connectivity index (χ0n) is 18.0. The molecule has 174 valence electrons. The van der Waals surface area contributed by atoms with E-state index in [-0.39, 0.29) is 34.1 Å². The zero-order valence-corrected chi connectivity index (χ0v) is 18.0. The Bertz CT molecular complexity index is 1210. The smallest absolute Gasteiger partial charge is 0.449 e. The molecule has 3 rings (SSSR count). The molecule has 0 saturated carbocycles. The highest BCUT2D eigenvalue weighted by molar-refractivity contribution is 5.92. The van der Waals surface area contributed by atoms with Crippen molar-refractivity contribution in [2.45, 2.75) is 6.92 Å². The highest BCUT2D eigenvalue weighted by atomic mass is 16.7. The summed E-state index contributed by atoms with van der Waals surface area (Å²) in [5, 5.41) is 8.60. The van der Waals surface area contributed by atoms with Crippen molar-refractivity contribution in [3.8, 4) is 23.0 Å². The van der Waals surface area contributed by atoms with E-state index in [1.165, 1.54) is 73.8 Å². The largest absolute Gasteiger partial charge is 0.513 e. The second kappa shape index (κ2) is 10.6. The van der Waals surface area contributed by atoms with Crippen LogP contribution >= 0.6 is 0 Å². The lowest BCUT2D eigenvalue weighted by atomic mass is 10.2. The van der Waals surface area contributed by atoms with Crippen LogP contribution in [0.2, 0.25) is 0 Å². The number of hydrogen-bond donors (Lipinski definition) is 1. The summed E-state index contributed by atoms with van der Waals surface area (Å²) in [6, 6.07) is 15.6. The van der Waals surface area contributed by atoms with Gasteiger partial charge in [0.1, 0.15) is 23.0 Å². The van der Waals surface area contributed by atoms with Gasteiger partial charge in [-0.25, -0.2) is 19.2 Å². The minimum atomic E-state index is -1.46. The van der Waals surface area contributed by atoms with Gasteiger partial charge in [-0.05, 0) is 79.2 Å². The van der Waals surface area contributed by atoms with Crippen LogP contribution in [0.3, 0.4) is 0 Å². The van der Waals surface area contributed by atoms with Gasteiger partial charge in [-0.15, -0.1) is 0 Å². The molecule has 0 aliphatic heterocycles. The Kier molecular flexibility index (Phi) is 7.45. The van der Waals surface area contributed by atoms with Crippen molar-refractivity contribution in [1.29, 1.82) is 0 Å². The van der Waals surface area contributed by atoms with Crippen LogP contribution in [0, 0.1) is 6.92 Å². The summed E-state index contributed by atoms with van der Waals surface area (Å²) in [5.74, 6) is -0.555. The summed E-state index contributed by atoms with van der Waals surface area (Å²) in [6.45, 7) is 1.67. The van der Waals surface area contributed by atoms with Crippen molar-refractivity contribution in [2.24, 2.45) is 0 Å². The lowest BCUT2D eigenvalue weighted by Crippen LogP contribution is -2.11. The fourth-order valence-corrected chi connectivity index (χ4v) is 2.68. The molecule has 10 nitrogen and oxygen atoms in total. The average Bonchev–Trinajstić information content (AvgIpc) is 2.81. The first kappa shape index (κ1) is 23.8. The molecule has 1 N–H and O–H groups in total. The number of carbonyl (C=O) groups is 4. The number of rotatable bonds is 6. The number of ether oxygens (including phenoxy) is 5. The third-order valence-corrected chi connectivity index (χ3v) is 4.31. The van der Waals surface area contributed by atoms with Gasteiger partial charge in [0, 0.05) is 0 Å². The quantitative estimate of drug-likeness (QED) is 0.311. The Morgan fingerprint density at radius 2 is 1.15 bits per heavy atom. The standard InChI is InChI=1S/C24H18O10/c1-14-13-19(31-21(25)15-5-9-18(10-6-15)33-24(29)30-2)11-12-20(14)34-22(26)16-3-7-17(8-4-16)32-23(27)28/h3-13H,1-2H3,(H,27,28). The molecule has 0 radical (unpaired) electrons. The van der Waals surface area contributed by atoms with E-state index in [2.05, 4.69) is 9.47 Å². The van der Waals surface area contributed by atoms with Crippen molar-refractivity contribution in [3.63, 3.8) is 0 Å². The van der Waals surface area contributed by atoms with E-state index in [1.54, 1.807) is 6.92 Å². The van der Waals surface area contributed by atoms with Gasteiger partial charge in [0.05, 0.1) is 18.2 Å². The maximum absolute atomic E-state index is 12.4. The molecule has 0 fully saturated rings. The van der Waals surface area contributed by atoms with Crippen molar-refractivity contribution >= 4 is 24.2 Å². The van der Waals surface area contributed by atoms with Gasteiger partial charge in [0.25, 0.3) is 0 Å². The van der Waals surface area contributed by atoms with Crippen LogP contribution in [0.1, 0.15) is 26.3 Å². The van der Waals surface area contributed by atoms with Gasteiger partial charge >= 0.3 is 24.2 Å². The number of carbonyl (C=O) groups excluding carboxylic acids is 3. The molecule has 0 spiro atoms. The predicted molar refractivity (Wildman–Crippen MR) is 116 cm³/mol. The molecule has 0 bridgehead atoms. The first-order chi connectivity index (χ1) is 16.2. The Morgan fingerprint density at radius 3 is 1.65 bits per heavy atom. The summed E-state index contributed by atoms with van der Waals surface area (Å²) in [7, 11) is 1.18. The van der Waals surface area contributed by atoms with Crippen LogP contribution in [0.4, 0.5) is 9.59 Å². The molecule has 0 unspecified atom stereocenters. The minimum Gasteiger partial charge on any atom is -0.449 e. The minimum absolute atomic E-state index is 0.0667. The van der Waals surface area contributed by atoms with E-state index in [9.17, 15) is 19.2 Å². The van der Waals surface area contributed by atoms with E-state index >= 15 is 0 Å². The van der Waals surface area contributed by atoms with Crippen LogP contribution in [-0.2, 0) is 4.74 Å². The summed E-state index contributed by atoms with van der Waals surface area (Å²) in [4.78, 5) is 46.4. The number of aryl methyl sites for hydroxylation is 1. The van der Waals surface area contributed by atoms with Gasteiger partial charge in [0.2, 0.25) is 0 Å². The molecule has 10 heteroatoms. The van der Waals surface area contributed by atoms with E-state index in [4.69, 9.17) is 19.3 Å². The van der Waals surface area contributed by atoms with Gasteiger partial charge in [-0.1, -0.05) is 0 Å². The molecular weight excluding hydrogens is 448 g/mol. The van der Waals surface area contributed by atoms with Crippen LogP contribution in [0.15, 0.2) is 66.7 Å². The molecule has 0 atom stereocenters. The van der Waals surface area contributed by atoms with Gasteiger partial charge < -0.3 is 28.8 Å². The predicted octanol–water partition coefficient (Wildman–Crippen LogP) is 4.64. The second-order valence-electron chi connectivity index (χ2n) is 6.68. The molecule has 0 heterocycles. The number of methoxy groups -OCH3 is 1. The molecule has 3 aromatic rings. The number of carboxylic acid groups (broad SMARTS) is 1. The van der Waals surface area contributed by atoms with Crippen molar-refractivity contribution in [1.82, 2.24) is 0 Å². The Labute approximate surface area is 193 Å². The number of hydrogen-bond acceptors (Lipinski definition) is 9. The van der Waals surface area contributed by atoms with Crippen LogP contribution < -0.4 is 18.9 Å². The van der Waals surface area contributed by atoms with Crippen molar-refractivity contribution in [2.75, 3.05) is 7.11 Å². The molecular formula is C24H18O10. The maximum Gasteiger partial charge on any atom is 0.513 e. The van der Waals surface area contributed by atoms with Gasteiger partial charge in [-0.3, -0.25) is 0 Å². The third kappa shape index (κ3) is 6.33. The molecule has 0 aromatic heterocycles. The molecule has 0 aliphatic carbocycles. The van der Waals surface area contributed by atoms with Crippen LogP contribution in [-0.4, -0.2) is 36.5 Å². The zero-order chi connectivity index (χ0) is 24.7. The molecule has 3 aromatic carbocycles. The molecule has 34 heavy (non-hydrogen) atoms. The Hall–Kier alpha value is -4.86. The SMILES string of the molecule is COC(=O)Oc1ccc(C(=O)Oc2ccc(OC(=O)c3ccc(OC(=O)O)cc3)c(C)c2)cc1. The fraction of sp³-hybridized carbons (Fsp3) is 0.0833. The molecule has 0 amide bonds. The molecule has 0 aliphatic rings. The average molecular weight is 466 g/mol.